The minimum atomic E-state index is -0.380. The summed E-state index contributed by atoms with van der Waals surface area (Å²) in [6.07, 6.45) is 2.45. The maximum absolute atomic E-state index is 14.0. The zero-order valence-corrected chi connectivity index (χ0v) is 16.9. The molecule has 1 aliphatic rings. The van der Waals surface area contributed by atoms with E-state index >= 15 is 0 Å². The Morgan fingerprint density at radius 3 is 2.87 bits per heavy atom. The van der Waals surface area contributed by atoms with Crippen molar-refractivity contribution in [1.29, 1.82) is 0 Å². The van der Waals surface area contributed by atoms with Gasteiger partial charge >= 0.3 is 0 Å². The number of aromatic nitrogens is 3. The summed E-state index contributed by atoms with van der Waals surface area (Å²) in [6.45, 7) is 1.34. The van der Waals surface area contributed by atoms with Crippen molar-refractivity contribution in [3.05, 3.63) is 65.2 Å². The first-order chi connectivity index (χ1) is 14.7. The van der Waals surface area contributed by atoms with E-state index in [0.717, 1.165) is 29.6 Å². The smallest absolute Gasteiger partial charge is 0.282 e. The Morgan fingerprint density at radius 1 is 1.17 bits per heavy atom. The predicted molar refractivity (Wildman–Crippen MR) is 112 cm³/mol. The third kappa shape index (κ3) is 3.70. The Hall–Kier alpha value is -3.13. The van der Waals surface area contributed by atoms with Gasteiger partial charge in [0.25, 0.3) is 5.91 Å². The van der Waals surface area contributed by atoms with E-state index in [1.807, 2.05) is 29.2 Å². The van der Waals surface area contributed by atoms with Gasteiger partial charge in [-0.25, -0.2) is 9.37 Å². The number of likely N-dealkylation sites (tertiary alicyclic amines) is 1. The fourth-order valence-corrected chi connectivity index (χ4v) is 4.79. The lowest BCUT2D eigenvalue weighted by Crippen LogP contribution is -2.40. The summed E-state index contributed by atoms with van der Waals surface area (Å²) in [6, 6.07) is 14.1. The van der Waals surface area contributed by atoms with Gasteiger partial charge in [-0.1, -0.05) is 29.4 Å². The van der Waals surface area contributed by atoms with Crippen LogP contribution in [0.15, 0.2) is 53.1 Å². The van der Waals surface area contributed by atoms with Gasteiger partial charge in [0.1, 0.15) is 5.82 Å². The second-order valence-electron chi connectivity index (χ2n) is 7.44. The molecule has 0 radical (unpaired) electrons. The molecule has 2 aromatic heterocycles. The van der Waals surface area contributed by atoms with Crippen molar-refractivity contribution in [3.8, 4) is 11.4 Å². The molecule has 1 fully saturated rings. The highest BCUT2D eigenvalue weighted by Gasteiger charge is 2.28. The van der Waals surface area contributed by atoms with Crippen molar-refractivity contribution >= 4 is 27.5 Å². The summed E-state index contributed by atoms with van der Waals surface area (Å²) in [4.78, 5) is 23.7. The summed E-state index contributed by atoms with van der Waals surface area (Å²) in [5, 5.41) is 4.45. The molecule has 5 rings (SSSR count). The van der Waals surface area contributed by atoms with Crippen LogP contribution >= 0.6 is 11.3 Å². The number of benzene rings is 2. The molecule has 2 aromatic carbocycles. The zero-order chi connectivity index (χ0) is 20.5. The molecule has 0 unspecified atom stereocenters. The van der Waals surface area contributed by atoms with Gasteiger partial charge in [-0.3, -0.25) is 4.79 Å². The van der Waals surface area contributed by atoms with Crippen LogP contribution in [0.4, 0.5) is 4.39 Å². The number of fused-ring (bicyclic) bond motifs is 1. The highest BCUT2D eigenvalue weighted by molar-refractivity contribution is 7.20. The highest BCUT2D eigenvalue weighted by Crippen LogP contribution is 2.27. The SMILES string of the molecule is O=C(c1nc2ccccc2s1)N1CCC[C@H](Cc2nc(-c3ccccc3F)no2)C1. The van der Waals surface area contributed by atoms with Crippen molar-refractivity contribution in [3.63, 3.8) is 0 Å². The van der Waals surface area contributed by atoms with Crippen LogP contribution in [0.2, 0.25) is 0 Å². The number of amides is 1. The molecular formula is C22H19FN4O2S. The third-order valence-corrected chi connectivity index (χ3v) is 6.35. The Labute approximate surface area is 176 Å². The molecule has 4 aromatic rings. The molecule has 1 atom stereocenters. The Bertz CT molecular complexity index is 1170. The first-order valence-electron chi connectivity index (χ1n) is 9.90. The fourth-order valence-electron chi connectivity index (χ4n) is 3.85. The number of para-hydroxylation sites is 1. The first-order valence-corrected chi connectivity index (χ1v) is 10.7. The summed E-state index contributed by atoms with van der Waals surface area (Å²) in [5.74, 6) is 0.522. The maximum Gasteiger partial charge on any atom is 0.282 e. The van der Waals surface area contributed by atoms with Gasteiger partial charge in [-0.2, -0.15) is 4.98 Å². The minimum Gasteiger partial charge on any atom is -0.339 e. The van der Waals surface area contributed by atoms with E-state index in [1.165, 1.54) is 17.4 Å². The zero-order valence-electron chi connectivity index (χ0n) is 16.1. The van der Waals surface area contributed by atoms with Crippen LogP contribution in [0, 0.1) is 11.7 Å². The van der Waals surface area contributed by atoms with E-state index < -0.39 is 0 Å². The molecule has 1 aliphatic heterocycles. The van der Waals surface area contributed by atoms with Gasteiger partial charge in [0, 0.05) is 19.5 Å². The highest BCUT2D eigenvalue weighted by atomic mass is 32.1. The second kappa shape index (κ2) is 7.95. The third-order valence-electron chi connectivity index (χ3n) is 5.33. The van der Waals surface area contributed by atoms with Crippen LogP contribution in [0.25, 0.3) is 21.6 Å². The Balaban J connectivity index is 1.28. The van der Waals surface area contributed by atoms with Gasteiger partial charge < -0.3 is 9.42 Å². The lowest BCUT2D eigenvalue weighted by Gasteiger charge is -2.31. The minimum absolute atomic E-state index is 0.0292. The van der Waals surface area contributed by atoms with Crippen LogP contribution in [0.1, 0.15) is 28.5 Å². The lowest BCUT2D eigenvalue weighted by atomic mass is 9.94. The van der Waals surface area contributed by atoms with Gasteiger partial charge in [0.05, 0.1) is 15.8 Å². The molecule has 30 heavy (non-hydrogen) atoms. The molecule has 8 heteroatoms. The first kappa shape index (κ1) is 18.9. The largest absolute Gasteiger partial charge is 0.339 e. The van der Waals surface area contributed by atoms with Gasteiger partial charge in [0.2, 0.25) is 11.7 Å². The van der Waals surface area contributed by atoms with Crippen molar-refractivity contribution in [2.75, 3.05) is 13.1 Å². The fraction of sp³-hybridized carbons (Fsp3) is 0.273. The van der Waals surface area contributed by atoms with Crippen LogP contribution in [-0.2, 0) is 6.42 Å². The molecule has 0 bridgehead atoms. The van der Waals surface area contributed by atoms with E-state index in [9.17, 15) is 9.18 Å². The summed E-state index contributed by atoms with van der Waals surface area (Å²) in [7, 11) is 0. The number of halogens is 1. The number of carbonyl (C=O) groups excluding carboxylic acids is 1. The molecular weight excluding hydrogens is 403 g/mol. The number of rotatable bonds is 4. The summed E-state index contributed by atoms with van der Waals surface area (Å²) < 4.78 is 20.3. The number of piperidine rings is 1. The number of nitrogens with zero attached hydrogens (tertiary/aromatic N) is 4. The van der Waals surface area contributed by atoms with E-state index in [-0.39, 0.29) is 23.5 Å². The molecule has 0 saturated carbocycles. The average Bonchev–Trinajstić information content (AvgIpc) is 3.41. The van der Waals surface area contributed by atoms with Crippen molar-refractivity contribution in [1.82, 2.24) is 20.0 Å². The summed E-state index contributed by atoms with van der Waals surface area (Å²) in [5.41, 5.74) is 1.18. The monoisotopic (exact) mass is 422 g/mol. The predicted octanol–water partition coefficient (Wildman–Crippen LogP) is 4.58. The quantitative estimate of drug-likeness (QED) is 0.481. The Kier molecular flexibility index (Phi) is 5.00. The summed E-state index contributed by atoms with van der Waals surface area (Å²) >= 11 is 1.43. The van der Waals surface area contributed by atoms with Crippen molar-refractivity contribution in [2.24, 2.45) is 5.92 Å². The number of carbonyl (C=O) groups is 1. The van der Waals surface area contributed by atoms with Crippen LogP contribution in [0.5, 0.6) is 0 Å². The van der Waals surface area contributed by atoms with E-state index in [0.29, 0.717) is 29.4 Å². The van der Waals surface area contributed by atoms with Crippen LogP contribution < -0.4 is 0 Å². The molecule has 152 valence electrons. The molecule has 3 heterocycles. The number of hydrogen-bond donors (Lipinski definition) is 0. The van der Waals surface area contributed by atoms with Gasteiger partial charge in [0.15, 0.2) is 5.01 Å². The molecule has 6 nitrogen and oxygen atoms in total. The lowest BCUT2D eigenvalue weighted by molar-refractivity contribution is 0.0668. The van der Waals surface area contributed by atoms with Gasteiger partial charge in [-0.15, -0.1) is 11.3 Å². The molecule has 0 N–H and O–H groups in total. The van der Waals surface area contributed by atoms with E-state index in [1.54, 1.807) is 18.2 Å². The average molecular weight is 422 g/mol. The van der Waals surface area contributed by atoms with E-state index in [4.69, 9.17) is 4.52 Å². The van der Waals surface area contributed by atoms with Crippen molar-refractivity contribution < 1.29 is 13.7 Å². The van der Waals surface area contributed by atoms with Crippen LogP contribution in [-0.4, -0.2) is 39.0 Å². The maximum atomic E-state index is 14.0. The van der Waals surface area contributed by atoms with E-state index in [2.05, 4.69) is 15.1 Å². The van der Waals surface area contributed by atoms with Crippen LogP contribution in [0.3, 0.4) is 0 Å². The molecule has 0 aliphatic carbocycles. The molecule has 0 spiro atoms. The van der Waals surface area contributed by atoms with Gasteiger partial charge in [-0.05, 0) is 43.0 Å². The van der Waals surface area contributed by atoms with Crippen molar-refractivity contribution in [2.45, 2.75) is 19.3 Å². The normalized spacial score (nSPS) is 16.8. The Morgan fingerprint density at radius 2 is 2.00 bits per heavy atom. The number of hydrogen-bond acceptors (Lipinski definition) is 6. The topological polar surface area (TPSA) is 72.1 Å². The second-order valence-corrected chi connectivity index (χ2v) is 8.47. The molecule has 1 saturated heterocycles. The number of thiazole rings is 1. The molecule has 1 amide bonds. The standard InChI is InChI=1S/C22H19FN4O2S/c23-16-8-2-1-7-15(16)20-25-19(29-26-20)12-14-6-5-11-27(13-14)22(28)21-24-17-9-3-4-10-18(17)30-21/h1-4,7-10,14H,5-6,11-13H2/t14-/m1/s1.